The Morgan fingerprint density at radius 2 is 2.28 bits per heavy atom. The topological polar surface area (TPSA) is 41.6 Å². The van der Waals surface area contributed by atoms with Crippen LogP contribution >= 0.6 is 35.7 Å². The van der Waals surface area contributed by atoms with Crippen LogP contribution in [-0.2, 0) is 0 Å². The molecule has 106 valence electrons. The Kier molecular flexibility index (Phi) is 6.58. The second kappa shape index (κ2) is 7.22. The standard InChI is InChI=1S/C13H25N3S.HI/c1-11-5-3-7-16(9-11)12(14)15-10-13(2)6-4-8-17-13;/h11H,3-10H2,1-2H3,(H2,14,15);1H. The van der Waals surface area contributed by atoms with Gasteiger partial charge in [-0.1, -0.05) is 6.92 Å². The van der Waals surface area contributed by atoms with E-state index in [4.69, 9.17) is 5.73 Å². The van der Waals surface area contributed by atoms with Gasteiger partial charge in [0.05, 0.1) is 6.54 Å². The molecule has 0 aromatic carbocycles. The van der Waals surface area contributed by atoms with Crippen molar-refractivity contribution in [3.8, 4) is 0 Å². The van der Waals surface area contributed by atoms with E-state index in [2.05, 4.69) is 35.5 Å². The highest BCUT2D eigenvalue weighted by Gasteiger charge is 2.29. The summed E-state index contributed by atoms with van der Waals surface area (Å²) in [5.74, 6) is 2.81. The third-order valence-corrected chi connectivity index (χ3v) is 5.38. The van der Waals surface area contributed by atoms with Gasteiger partial charge in [0, 0.05) is 17.8 Å². The van der Waals surface area contributed by atoms with Crippen molar-refractivity contribution in [2.24, 2.45) is 16.6 Å². The Bertz CT molecular complexity index is 290. The van der Waals surface area contributed by atoms with Crippen molar-refractivity contribution in [1.82, 2.24) is 4.90 Å². The predicted octanol–water partition coefficient (Wildman–Crippen LogP) is 2.94. The van der Waals surface area contributed by atoms with Crippen molar-refractivity contribution in [3.63, 3.8) is 0 Å². The first kappa shape index (κ1) is 16.4. The smallest absolute Gasteiger partial charge is 0.191 e. The number of hydrogen-bond acceptors (Lipinski definition) is 2. The molecule has 0 aliphatic carbocycles. The molecule has 3 nitrogen and oxygen atoms in total. The van der Waals surface area contributed by atoms with Crippen molar-refractivity contribution in [1.29, 1.82) is 0 Å². The molecule has 0 saturated carbocycles. The van der Waals surface area contributed by atoms with Gasteiger partial charge < -0.3 is 10.6 Å². The maximum Gasteiger partial charge on any atom is 0.191 e. The number of rotatable bonds is 2. The summed E-state index contributed by atoms with van der Waals surface area (Å²) in [5, 5.41) is 0. The molecule has 0 aromatic rings. The fraction of sp³-hybridized carbons (Fsp3) is 0.923. The van der Waals surface area contributed by atoms with Gasteiger partial charge in [-0.2, -0.15) is 11.8 Å². The summed E-state index contributed by atoms with van der Waals surface area (Å²) < 4.78 is 0.339. The van der Waals surface area contributed by atoms with Gasteiger partial charge in [0.25, 0.3) is 0 Å². The number of nitrogens with two attached hydrogens (primary N) is 1. The monoisotopic (exact) mass is 383 g/mol. The van der Waals surface area contributed by atoms with Crippen LogP contribution in [0.4, 0.5) is 0 Å². The van der Waals surface area contributed by atoms with Crippen LogP contribution in [0.3, 0.4) is 0 Å². The van der Waals surface area contributed by atoms with Crippen LogP contribution in [0.5, 0.6) is 0 Å². The molecule has 2 saturated heterocycles. The highest BCUT2D eigenvalue weighted by Crippen LogP contribution is 2.37. The van der Waals surface area contributed by atoms with Gasteiger partial charge in [0.1, 0.15) is 0 Å². The Balaban J connectivity index is 0.00000162. The van der Waals surface area contributed by atoms with Crippen molar-refractivity contribution in [2.45, 2.75) is 44.3 Å². The highest BCUT2D eigenvalue weighted by molar-refractivity contribution is 14.0. The van der Waals surface area contributed by atoms with Gasteiger partial charge in [0.2, 0.25) is 0 Å². The lowest BCUT2D eigenvalue weighted by molar-refractivity contribution is 0.270. The molecule has 2 fully saturated rings. The number of hydrogen-bond donors (Lipinski definition) is 1. The minimum atomic E-state index is 0. The molecule has 2 unspecified atom stereocenters. The van der Waals surface area contributed by atoms with Crippen LogP contribution in [0.25, 0.3) is 0 Å². The van der Waals surface area contributed by atoms with Crippen molar-refractivity contribution >= 4 is 41.7 Å². The summed E-state index contributed by atoms with van der Waals surface area (Å²) in [6, 6.07) is 0. The van der Waals surface area contributed by atoms with Crippen LogP contribution < -0.4 is 5.73 Å². The van der Waals surface area contributed by atoms with E-state index in [1.54, 1.807) is 0 Å². The van der Waals surface area contributed by atoms with E-state index in [0.29, 0.717) is 4.75 Å². The van der Waals surface area contributed by atoms with E-state index in [1.807, 2.05) is 0 Å². The second-order valence-corrected chi connectivity index (χ2v) is 7.45. The molecule has 2 rings (SSSR count). The van der Waals surface area contributed by atoms with Crippen molar-refractivity contribution in [2.75, 3.05) is 25.4 Å². The SMILES string of the molecule is CC1CCCN(C(N)=NCC2(C)CCCS2)C1.I. The van der Waals surface area contributed by atoms with E-state index in [-0.39, 0.29) is 24.0 Å². The lowest BCUT2D eigenvalue weighted by Crippen LogP contribution is -2.44. The number of likely N-dealkylation sites (tertiary alicyclic amines) is 1. The lowest BCUT2D eigenvalue weighted by Gasteiger charge is -2.32. The van der Waals surface area contributed by atoms with Gasteiger partial charge in [0.15, 0.2) is 5.96 Å². The van der Waals surface area contributed by atoms with Gasteiger partial charge in [-0.25, -0.2) is 0 Å². The molecule has 0 spiro atoms. The van der Waals surface area contributed by atoms with Crippen molar-refractivity contribution < 1.29 is 0 Å². The van der Waals surface area contributed by atoms with Crippen LogP contribution in [0.15, 0.2) is 4.99 Å². The predicted molar refractivity (Wildman–Crippen MR) is 92.0 cm³/mol. The third kappa shape index (κ3) is 4.47. The molecule has 2 aliphatic heterocycles. The first-order chi connectivity index (χ1) is 8.09. The average molecular weight is 383 g/mol. The Labute approximate surface area is 132 Å². The molecule has 5 heteroatoms. The zero-order valence-electron chi connectivity index (χ0n) is 11.5. The molecule has 18 heavy (non-hydrogen) atoms. The normalized spacial score (nSPS) is 33.3. The minimum absolute atomic E-state index is 0. The van der Waals surface area contributed by atoms with Gasteiger partial charge in [-0.05, 0) is 44.3 Å². The molecule has 0 bridgehead atoms. The fourth-order valence-electron chi connectivity index (χ4n) is 2.71. The Morgan fingerprint density at radius 1 is 1.50 bits per heavy atom. The van der Waals surface area contributed by atoms with E-state index in [9.17, 15) is 0 Å². The summed E-state index contributed by atoms with van der Waals surface area (Å²) >= 11 is 2.05. The zero-order chi connectivity index (χ0) is 12.3. The van der Waals surface area contributed by atoms with E-state index in [0.717, 1.165) is 31.5 Å². The van der Waals surface area contributed by atoms with Crippen LogP contribution in [-0.4, -0.2) is 41.0 Å². The van der Waals surface area contributed by atoms with Crippen LogP contribution in [0, 0.1) is 5.92 Å². The Morgan fingerprint density at radius 3 is 2.89 bits per heavy atom. The van der Waals surface area contributed by atoms with Gasteiger partial charge in [-0.3, -0.25) is 4.99 Å². The molecule has 0 radical (unpaired) electrons. The zero-order valence-corrected chi connectivity index (χ0v) is 14.7. The maximum atomic E-state index is 6.11. The van der Waals surface area contributed by atoms with Crippen LogP contribution in [0.2, 0.25) is 0 Å². The summed E-state index contributed by atoms with van der Waals surface area (Å²) in [6.45, 7) is 7.67. The van der Waals surface area contributed by atoms with Gasteiger partial charge in [-0.15, -0.1) is 24.0 Å². The largest absolute Gasteiger partial charge is 0.370 e. The number of aliphatic imine (C=N–C) groups is 1. The maximum absolute atomic E-state index is 6.11. The summed E-state index contributed by atoms with van der Waals surface area (Å²) in [7, 11) is 0. The molecule has 0 amide bonds. The van der Waals surface area contributed by atoms with E-state index >= 15 is 0 Å². The number of nitrogens with zero attached hydrogens (tertiary/aromatic N) is 2. The molecule has 2 N–H and O–H groups in total. The summed E-state index contributed by atoms with van der Waals surface area (Å²) in [6.07, 6.45) is 5.20. The second-order valence-electron chi connectivity index (χ2n) is 5.77. The summed E-state index contributed by atoms with van der Waals surface area (Å²) in [4.78, 5) is 6.90. The number of halogens is 1. The third-order valence-electron chi connectivity index (χ3n) is 3.86. The first-order valence-electron chi connectivity index (χ1n) is 6.78. The minimum Gasteiger partial charge on any atom is -0.370 e. The molecule has 2 aliphatic rings. The number of guanidine groups is 1. The molecule has 2 heterocycles. The van der Waals surface area contributed by atoms with E-state index < -0.39 is 0 Å². The van der Waals surface area contributed by atoms with E-state index in [1.165, 1.54) is 31.4 Å². The quantitative estimate of drug-likeness (QED) is 0.453. The Hall–Kier alpha value is 0.350. The molecule has 0 aromatic heterocycles. The van der Waals surface area contributed by atoms with Crippen molar-refractivity contribution in [3.05, 3.63) is 0 Å². The number of piperidine rings is 1. The lowest BCUT2D eigenvalue weighted by atomic mass is 10.0. The fourth-order valence-corrected chi connectivity index (χ4v) is 3.93. The number of thioether (sulfide) groups is 1. The molecular formula is C13H26IN3S. The average Bonchev–Trinajstić information content (AvgIpc) is 2.74. The highest BCUT2D eigenvalue weighted by atomic mass is 127. The first-order valence-corrected chi connectivity index (χ1v) is 7.76. The molecular weight excluding hydrogens is 357 g/mol. The van der Waals surface area contributed by atoms with Crippen LogP contribution in [0.1, 0.15) is 39.5 Å². The summed E-state index contributed by atoms with van der Waals surface area (Å²) in [5.41, 5.74) is 6.11. The van der Waals surface area contributed by atoms with Gasteiger partial charge >= 0.3 is 0 Å². The molecule has 2 atom stereocenters.